The number of aliphatic imine (C=N–C) groups is 1. The van der Waals surface area contributed by atoms with Crippen LogP contribution in [-0.4, -0.2) is 23.9 Å². The number of carbonyl (C=O) groups is 1. The van der Waals surface area contributed by atoms with Gasteiger partial charge in [0.1, 0.15) is 16.3 Å². The van der Waals surface area contributed by atoms with Crippen LogP contribution in [0.5, 0.6) is 5.75 Å². The molecule has 4 aromatic rings. The summed E-state index contributed by atoms with van der Waals surface area (Å²) in [6, 6.07) is 15.7. The van der Waals surface area contributed by atoms with Crippen LogP contribution < -0.4 is 0 Å². The summed E-state index contributed by atoms with van der Waals surface area (Å²) in [6.45, 7) is 4.10. The third kappa shape index (κ3) is 3.81. The lowest BCUT2D eigenvalue weighted by atomic mass is 10.0. The molecule has 6 heteroatoms. The van der Waals surface area contributed by atoms with Gasteiger partial charge < -0.3 is 9.84 Å². The van der Waals surface area contributed by atoms with Crippen molar-refractivity contribution >= 4 is 49.9 Å². The number of ether oxygens (including phenoxy) is 1. The van der Waals surface area contributed by atoms with Gasteiger partial charge in [-0.15, -0.1) is 22.7 Å². The van der Waals surface area contributed by atoms with Crippen molar-refractivity contribution in [3.63, 3.8) is 0 Å². The van der Waals surface area contributed by atoms with Crippen molar-refractivity contribution in [2.24, 2.45) is 4.99 Å². The standard InChI is InChI=1S/C23H19NO3S2/c1-3-27-23(26)20-17(15-10-8-14(2)9-11-15)13-28-22(20)24-12-19-21(25)16-6-4-5-7-18(16)29-19/h4-13,25H,3H2,1-2H3. The predicted octanol–water partition coefficient (Wildman–Crippen LogP) is 6.57. The first-order valence-corrected chi connectivity index (χ1v) is 10.9. The Kier molecular flexibility index (Phi) is 5.47. The molecule has 4 rings (SSSR count). The molecule has 0 amide bonds. The van der Waals surface area contributed by atoms with Crippen molar-refractivity contribution in [1.82, 2.24) is 0 Å². The Morgan fingerprint density at radius 2 is 1.93 bits per heavy atom. The van der Waals surface area contributed by atoms with Crippen molar-refractivity contribution < 1.29 is 14.6 Å². The van der Waals surface area contributed by atoms with Crippen LogP contribution in [0, 0.1) is 6.92 Å². The normalized spacial score (nSPS) is 11.4. The van der Waals surface area contributed by atoms with E-state index in [4.69, 9.17) is 4.74 Å². The molecule has 0 bridgehead atoms. The highest BCUT2D eigenvalue weighted by molar-refractivity contribution is 7.21. The average Bonchev–Trinajstić information content (AvgIpc) is 3.29. The Balaban J connectivity index is 1.76. The molecule has 0 atom stereocenters. The molecule has 1 N–H and O–H groups in total. The number of rotatable bonds is 5. The molecule has 0 fully saturated rings. The highest BCUT2D eigenvalue weighted by Gasteiger charge is 2.21. The molecule has 0 saturated heterocycles. The predicted molar refractivity (Wildman–Crippen MR) is 121 cm³/mol. The smallest absolute Gasteiger partial charge is 0.341 e. The number of hydrogen-bond donors (Lipinski definition) is 1. The second-order valence-electron chi connectivity index (χ2n) is 6.49. The number of nitrogens with zero attached hydrogens (tertiary/aromatic N) is 1. The van der Waals surface area contributed by atoms with E-state index in [-0.39, 0.29) is 5.75 Å². The molecule has 0 aliphatic carbocycles. The maximum atomic E-state index is 12.7. The zero-order valence-electron chi connectivity index (χ0n) is 16.0. The minimum Gasteiger partial charge on any atom is -0.506 e. The highest BCUT2D eigenvalue weighted by atomic mass is 32.1. The molecule has 2 aromatic heterocycles. The van der Waals surface area contributed by atoms with Crippen molar-refractivity contribution in [2.45, 2.75) is 13.8 Å². The van der Waals surface area contributed by atoms with Gasteiger partial charge in [0.25, 0.3) is 0 Å². The van der Waals surface area contributed by atoms with E-state index < -0.39 is 5.97 Å². The first-order chi connectivity index (χ1) is 14.1. The molecule has 2 aromatic carbocycles. The molecule has 2 heterocycles. The Morgan fingerprint density at radius 1 is 1.17 bits per heavy atom. The summed E-state index contributed by atoms with van der Waals surface area (Å²) in [4.78, 5) is 17.9. The SMILES string of the molecule is CCOC(=O)c1c(-c2ccc(C)cc2)csc1N=Cc1sc2ccccc2c1O. The van der Waals surface area contributed by atoms with E-state index in [9.17, 15) is 9.90 Å². The number of benzene rings is 2. The van der Waals surface area contributed by atoms with E-state index in [2.05, 4.69) is 4.99 Å². The second-order valence-corrected chi connectivity index (χ2v) is 8.43. The fraction of sp³-hybridized carbons (Fsp3) is 0.130. The maximum Gasteiger partial charge on any atom is 0.341 e. The quantitative estimate of drug-likeness (QED) is 0.293. The third-order valence-corrected chi connectivity index (χ3v) is 6.49. The van der Waals surface area contributed by atoms with Crippen LogP contribution >= 0.6 is 22.7 Å². The summed E-state index contributed by atoms with van der Waals surface area (Å²) in [5.41, 5.74) is 3.36. The number of carbonyl (C=O) groups excluding carboxylic acids is 1. The van der Waals surface area contributed by atoms with Gasteiger partial charge in [0.15, 0.2) is 0 Å². The fourth-order valence-corrected chi connectivity index (χ4v) is 4.92. The fourth-order valence-electron chi connectivity index (χ4n) is 3.04. The van der Waals surface area contributed by atoms with Gasteiger partial charge in [-0.3, -0.25) is 0 Å². The Morgan fingerprint density at radius 3 is 2.66 bits per heavy atom. The van der Waals surface area contributed by atoms with Crippen LogP contribution in [0.3, 0.4) is 0 Å². The second kappa shape index (κ2) is 8.19. The number of hydrogen-bond acceptors (Lipinski definition) is 6. The van der Waals surface area contributed by atoms with E-state index in [0.29, 0.717) is 22.0 Å². The summed E-state index contributed by atoms with van der Waals surface area (Å²) in [5.74, 6) is -0.181. The molecule has 0 saturated carbocycles. The van der Waals surface area contributed by atoms with E-state index in [1.54, 1.807) is 13.1 Å². The van der Waals surface area contributed by atoms with Crippen molar-refractivity contribution in [1.29, 1.82) is 0 Å². The summed E-state index contributed by atoms with van der Waals surface area (Å²) in [5, 5.41) is 13.8. The number of aryl methyl sites for hydroxylation is 1. The first-order valence-electron chi connectivity index (χ1n) is 9.18. The molecular weight excluding hydrogens is 402 g/mol. The van der Waals surface area contributed by atoms with Gasteiger partial charge >= 0.3 is 5.97 Å². The molecule has 0 aliphatic heterocycles. The van der Waals surface area contributed by atoms with Gasteiger partial charge in [-0.25, -0.2) is 9.79 Å². The van der Waals surface area contributed by atoms with E-state index >= 15 is 0 Å². The Hall–Kier alpha value is -2.96. The molecular formula is C23H19NO3S2. The number of thiophene rings is 2. The van der Waals surface area contributed by atoms with E-state index in [1.165, 1.54) is 22.7 Å². The molecule has 0 unspecified atom stereocenters. The Bertz CT molecular complexity index is 1200. The lowest BCUT2D eigenvalue weighted by Gasteiger charge is -2.06. The molecule has 0 radical (unpaired) electrons. The zero-order valence-corrected chi connectivity index (χ0v) is 17.6. The summed E-state index contributed by atoms with van der Waals surface area (Å²) in [6.07, 6.45) is 1.62. The van der Waals surface area contributed by atoms with Gasteiger partial charge in [-0.1, -0.05) is 42.0 Å². The number of fused-ring (bicyclic) bond motifs is 1. The van der Waals surface area contributed by atoms with Crippen molar-refractivity contribution in [3.05, 3.63) is 69.9 Å². The molecule has 4 nitrogen and oxygen atoms in total. The average molecular weight is 422 g/mol. The zero-order chi connectivity index (χ0) is 20.4. The van der Waals surface area contributed by atoms with Crippen LogP contribution in [0.15, 0.2) is 58.9 Å². The first kappa shape index (κ1) is 19.4. The summed E-state index contributed by atoms with van der Waals surface area (Å²) >= 11 is 2.85. The molecule has 0 aliphatic rings. The summed E-state index contributed by atoms with van der Waals surface area (Å²) in [7, 11) is 0. The molecule has 29 heavy (non-hydrogen) atoms. The lowest BCUT2D eigenvalue weighted by Crippen LogP contribution is -2.05. The van der Waals surface area contributed by atoms with Crippen LogP contribution in [-0.2, 0) is 4.74 Å². The lowest BCUT2D eigenvalue weighted by molar-refractivity contribution is 0.0529. The van der Waals surface area contributed by atoms with Gasteiger partial charge in [0.05, 0.1) is 11.5 Å². The number of esters is 1. The van der Waals surface area contributed by atoms with Crippen LogP contribution in [0.2, 0.25) is 0 Å². The minimum absolute atomic E-state index is 0.211. The largest absolute Gasteiger partial charge is 0.506 e. The van der Waals surface area contributed by atoms with Gasteiger partial charge in [0, 0.05) is 27.2 Å². The van der Waals surface area contributed by atoms with Crippen molar-refractivity contribution in [2.75, 3.05) is 6.61 Å². The van der Waals surface area contributed by atoms with E-state index in [0.717, 1.165) is 26.8 Å². The van der Waals surface area contributed by atoms with Crippen LogP contribution in [0.4, 0.5) is 5.00 Å². The van der Waals surface area contributed by atoms with E-state index in [1.807, 2.05) is 60.8 Å². The maximum absolute atomic E-state index is 12.7. The number of aromatic hydroxyl groups is 1. The topological polar surface area (TPSA) is 58.9 Å². The van der Waals surface area contributed by atoms with Gasteiger partial charge in [0.2, 0.25) is 0 Å². The molecule has 0 spiro atoms. The Labute approximate surface area is 176 Å². The monoisotopic (exact) mass is 421 g/mol. The minimum atomic E-state index is -0.392. The summed E-state index contributed by atoms with van der Waals surface area (Å²) < 4.78 is 6.27. The van der Waals surface area contributed by atoms with Gasteiger partial charge in [-0.05, 0) is 31.5 Å². The van der Waals surface area contributed by atoms with Gasteiger partial charge in [-0.2, -0.15) is 0 Å². The van der Waals surface area contributed by atoms with Crippen LogP contribution in [0.25, 0.3) is 21.2 Å². The third-order valence-electron chi connectivity index (χ3n) is 4.51. The van der Waals surface area contributed by atoms with Crippen molar-refractivity contribution in [3.8, 4) is 16.9 Å². The highest BCUT2D eigenvalue weighted by Crippen LogP contribution is 2.40. The molecule has 146 valence electrons. The van der Waals surface area contributed by atoms with Crippen LogP contribution in [0.1, 0.15) is 27.7 Å².